The first kappa shape index (κ1) is 16.2. The molecule has 3 heteroatoms. The Bertz CT molecular complexity index is 578. The summed E-state index contributed by atoms with van der Waals surface area (Å²) in [6, 6.07) is 16.6. The van der Waals surface area contributed by atoms with E-state index in [4.69, 9.17) is 9.84 Å². The molecule has 3 nitrogen and oxygen atoms in total. The van der Waals surface area contributed by atoms with Gasteiger partial charge in [0.15, 0.2) is 5.78 Å². The van der Waals surface area contributed by atoms with Crippen LogP contribution < -0.4 is 4.74 Å². The standard InChI is InChI=1S/C19H22O3/c20-14-8-1-2-9-15-22-18-13-7-6-12-17(18)19(21)16-10-4-3-5-11-16/h3-7,10-13,20H,1-2,8-9,14-15H2. The van der Waals surface area contributed by atoms with E-state index in [1.54, 1.807) is 6.07 Å². The molecular formula is C19H22O3. The molecule has 0 unspecified atom stereocenters. The molecule has 0 saturated heterocycles. The number of hydrogen-bond donors (Lipinski definition) is 1. The zero-order chi connectivity index (χ0) is 15.6. The maximum absolute atomic E-state index is 12.5. The van der Waals surface area contributed by atoms with Gasteiger partial charge in [-0.05, 0) is 31.4 Å². The third-order valence-corrected chi connectivity index (χ3v) is 3.48. The van der Waals surface area contributed by atoms with Crippen LogP contribution in [0.5, 0.6) is 5.75 Å². The molecule has 0 spiro atoms. The second-order valence-corrected chi connectivity index (χ2v) is 5.18. The third-order valence-electron chi connectivity index (χ3n) is 3.48. The first-order chi connectivity index (χ1) is 10.8. The minimum atomic E-state index is -0.0171. The molecule has 1 N–H and O–H groups in total. The summed E-state index contributed by atoms with van der Waals surface area (Å²) in [7, 11) is 0. The molecule has 22 heavy (non-hydrogen) atoms. The summed E-state index contributed by atoms with van der Waals surface area (Å²) in [5.74, 6) is 0.620. The highest BCUT2D eigenvalue weighted by atomic mass is 16.5. The van der Waals surface area contributed by atoms with E-state index in [1.165, 1.54) is 0 Å². The van der Waals surface area contributed by atoms with Crippen LogP contribution in [0.3, 0.4) is 0 Å². The van der Waals surface area contributed by atoms with Gasteiger partial charge in [0.2, 0.25) is 0 Å². The Morgan fingerprint density at radius 2 is 1.55 bits per heavy atom. The Kier molecular flexibility index (Phi) is 6.65. The smallest absolute Gasteiger partial charge is 0.196 e. The molecule has 0 bridgehead atoms. The van der Waals surface area contributed by atoms with Crippen molar-refractivity contribution in [3.63, 3.8) is 0 Å². The first-order valence-corrected chi connectivity index (χ1v) is 7.75. The molecule has 0 saturated carbocycles. The molecule has 2 rings (SSSR count). The number of ketones is 1. The molecule has 0 aliphatic carbocycles. The van der Waals surface area contributed by atoms with Crippen molar-refractivity contribution in [3.8, 4) is 5.75 Å². The number of rotatable bonds is 9. The molecule has 0 amide bonds. The number of carbonyl (C=O) groups is 1. The van der Waals surface area contributed by atoms with Crippen molar-refractivity contribution in [1.82, 2.24) is 0 Å². The minimum Gasteiger partial charge on any atom is -0.493 e. The predicted octanol–water partition coefficient (Wildman–Crippen LogP) is 3.85. The monoisotopic (exact) mass is 298 g/mol. The molecule has 0 atom stereocenters. The number of hydrogen-bond acceptors (Lipinski definition) is 3. The van der Waals surface area contributed by atoms with Crippen LogP contribution >= 0.6 is 0 Å². The fourth-order valence-corrected chi connectivity index (χ4v) is 2.27. The maximum atomic E-state index is 12.5. The predicted molar refractivity (Wildman–Crippen MR) is 87.4 cm³/mol. The lowest BCUT2D eigenvalue weighted by molar-refractivity contribution is 0.103. The van der Waals surface area contributed by atoms with Crippen molar-refractivity contribution in [2.75, 3.05) is 13.2 Å². The minimum absolute atomic E-state index is 0.0171. The Morgan fingerprint density at radius 1 is 0.864 bits per heavy atom. The molecule has 2 aromatic carbocycles. The summed E-state index contributed by atoms with van der Waals surface area (Å²) in [6.45, 7) is 0.833. The number of aliphatic hydroxyl groups excluding tert-OH is 1. The molecule has 0 aliphatic rings. The van der Waals surface area contributed by atoms with E-state index in [0.29, 0.717) is 23.5 Å². The van der Waals surface area contributed by atoms with E-state index in [-0.39, 0.29) is 12.4 Å². The average molecular weight is 298 g/mol. The van der Waals surface area contributed by atoms with E-state index in [9.17, 15) is 4.79 Å². The van der Waals surface area contributed by atoms with E-state index < -0.39 is 0 Å². The highest BCUT2D eigenvalue weighted by molar-refractivity contribution is 6.10. The Morgan fingerprint density at radius 3 is 2.32 bits per heavy atom. The van der Waals surface area contributed by atoms with Gasteiger partial charge in [-0.25, -0.2) is 0 Å². The van der Waals surface area contributed by atoms with Crippen LogP contribution in [0.15, 0.2) is 54.6 Å². The molecule has 0 aromatic heterocycles. The van der Waals surface area contributed by atoms with Gasteiger partial charge in [-0.2, -0.15) is 0 Å². The van der Waals surface area contributed by atoms with Crippen LogP contribution in [0.2, 0.25) is 0 Å². The van der Waals surface area contributed by atoms with Gasteiger partial charge < -0.3 is 9.84 Å². The van der Waals surface area contributed by atoms with Crippen molar-refractivity contribution >= 4 is 5.78 Å². The van der Waals surface area contributed by atoms with Gasteiger partial charge in [0.25, 0.3) is 0 Å². The van der Waals surface area contributed by atoms with Crippen molar-refractivity contribution < 1.29 is 14.6 Å². The number of benzene rings is 2. The van der Waals surface area contributed by atoms with Crippen LogP contribution in [0, 0.1) is 0 Å². The van der Waals surface area contributed by atoms with Crippen LogP contribution in [0.4, 0.5) is 0 Å². The van der Waals surface area contributed by atoms with E-state index in [0.717, 1.165) is 25.7 Å². The van der Waals surface area contributed by atoms with Crippen LogP contribution in [0.1, 0.15) is 41.6 Å². The van der Waals surface area contributed by atoms with Gasteiger partial charge in [-0.3, -0.25) is 4.79 Å². The molecule has 0 fully saturated rings. The number of para-hydroxylation sites is 1. The van der Waals surface area contributed by atoms with Crippen molar-refractivity contribution in [2.45, 2.75) is 25.7 Å². The second kappa shape index (κ2) is 9.00. The molecule has 2 aromatic rings. The van der Waals surface area contributed by atoms with Crippen molar-refractivity contribution in [3.05, 3.63) is 65.7 Å². The van der Waals surface area contributed by atoms with Gasteiger partial charge in [0, 0.05) is 12.2 Å². The SMILES string of the molecule is O=C(c1ccccc1)c1ccccc1OCCCCCCO. The van der Waals surface area contributed by atoms with Gasteiger partial charge in [0.05, 0.1) is 12.2 Å². The molecular weight excluding hydrogens is 276 g/mol. The molecule has 0 heterocycles. The molecule has 116 valence electrons. The zero-order valence-corrected chi connectivity index (χ0v) is 12.7. The second-order valence-electron chi connectivity index (χ2n) is 5.18. The Labute approximate surface area is 131 Å². The number of carbonyl (C=O) groups excluding carboxylic acids is 1. The van der Waals surface area contributed by atoms with Gasteiger partial charge >= 0.3 is 0 Å². The lowest BCUT2D eigenvalue weighted by Crippen LogP contribution is -2.06. The Balaban J connectivity index is 1.97. The van der Waals surface area contributed by atoms with E-state index in [2.05, 4.69) is 0 Å². The zero-order valence-electron chi connectivity index (χ0n) is 12.7. The van der Waals surface area contributed by atoms with Gasteiger partial charge in [-0.15, -0.1) is 0 Å². The van der Waals surface area contributed by atoms with Gasteiger partial charge in [0.1, 0.15) is 5.75 Å². The van der Waals surface area contributed by atoms with Crippen molar-refractivity contribution in [2.24, 2.45) is 0 Å². The number of ether oxygens (including phenoxy) is 1. The summed E-state index contributed by atoms with van der Waals surface area (Å²) in [6.07, 6.45) is 3.79. The summed E-state index contributed by atoms with van der Waals surface area (Å²) < 4.78 is 5.78. The lowest BCUT2D eigenvalue weighted by Gasteiger charge is -2.10. The quantitative estimate of drug-likeness (QED) is 0.565. The lowest BCUT2D eigenvalue weighted by atomic mass is 10.0. The third kappa shape index (κ3) is 4.71. The molecule has 0 aliphatic heterocycles. The van der Waals surface area contributed by atoms with Gasteiger partial charge in [-0.1, -0.05) is 48.9 Å². The largest absolute Gasteiger partial charge is 0.493 e. The highest BCUT2D eigenvalue weighted by Crippen LogP contribution is 2.22. The number of unbranched alkanes of at least 4 members (excludes halogenated alkanes) is 3. The summed E-state index contributed by atoms with van der Waals surface area (Å²) in [4.78, 5) is 12.5. The topological polar surface area (TPSA) is 46.5 Å². The van der Waals surface area contributed by atoms with Crippen molar-refractivity contribution in [1.29, 1.82) is 0 Å². The maximum Gasteiger partial charge on any atom is 0.196 e. The summed E-state index contributed by atoms with van der Waals surface area (Å²) in [5, 5.41) is 8.74. The highest BCUT2D eigenvalue weighted by Gasteiger charge is 2.13. The fraction of sp³-hybridized carbons (Fsp3) is 0.316. The van der Waals surface area contributed by atoms with Crippen LogP contribution in [-0.2, 0) is 0 Å². The Hall–Kier alpha value is -2.13. The van der Waals surface area contributed by atoms with E-state index >= 15 is 0 Å². The molecule has 0 radical (unpaired) electrons. The fourth-order valence-electron chi connectivity index (χ4n) is 2.27. The average Bonchev–Trinajstić information content (AvgIpc) is 2.58. The summed E-state index contributed by atoms with van der Waals surface area (Å²) >= 11 is 0. The summed E-state index contributed by atoms with van der Waals surface area (Å²) in [5.41, 5.74) is 1.27. The first-order valence-electron chi connectivity index (χ1n) is 7.75. The number of aliphatic hydroxyl groups is 1. The van der Waals surface area contributed by atoms with Crippen LogP contribution in [-0.4, -0.2) is 24.1 Å². The normalized spacial score (nSPS) is 10.4. The van der Waals surface area contributed by atoms with Crippen LogP contribution in [0.25, 0.3) is 0 Å². The van der Waals surface area contributed by atoms with E-state index in [1.807, 2.05) is 48.5 Å².